The van der Waals surface area contributed by atoms with Crippen molar-refractivity contribution in [3.63, 3.8) is 0 Å². The molecule has 7 nitrogen and oxygen atoms in total. The van der Waals surface area contributed by atoms with Gasteiger partial charge < -0.3 is 20.2 Å². The summed E-state index contributed by atoms with van der Waals surface area (Å²) in [5.74, 6) is 0.261. The Labute approximate surface area is 138 Å². The molecule has 1 aliphatic rings. The maximum Gasteiger partial charge on any atom is 0.225 e. The molecule has 1 aliphatic heterocycles. The summed E-state index contributed by atoms with van der Waals surface area (Å²) in [7, 11) is 0. The second-order valence-corrected chi connectivity index (χ2v) is 6.11. The van der Waals surface area contributed by atoms with Gasteiger partial charge >= 0.3 is 0 Å². The van der Waals surface area contributed by atoms with Crippen LogP contribution in [0.15, 0.2) is 35.0 Å². The van der Waals surface area contributed by atoms with Crippen LogP contribution in [0.1, 0.15) is 12.8 Å². The van der Waals surface area contributed by atoms with Gasteiger partial charge in [0.2, 0.25) is 5.91 Å². The maximum absolute atomic E-state index is 12.0. The van der Waals surface area contributed by atoms with Crippen molar-refractivity contribution in [3.05, 3.63) is 30.6 Å². The number of nitrogens with zero attached hydrogens (tertiary/aromatic N) is 2. The first-order valence-corrected chi connectivity index (χ1v) is 7.93. The van der Waals surface area contributed by atoms with Crippen molar-refractivity contribution in [3.8, 4) is 0 Å². The SMILES string of the molecule is NC(=O)C1(CNc2ncnc3c2oc2ccccc23)CCOCC1. The highest BCUT2D eigenvalue weighted by Crippen LogP contribution is 2.33. The molecule has 1 amide bonds. The predicted molar refractivity (Wildman–Crippen MR) is 89.5 cm³/mol. The van der Waals surface area contributed by atoms with Crippen molar-refractivity contribution in [1.82, 2.24) is 9.97 Å². The summed E-state index contributed by atoms with van der Waals surface area (Å²) >= 11 is 0. The van der Waals surface area contributed by atoms with Gasteiger partial charge in [0.1, 0.15) is 17.4 Å². The minimum atomic E-state index is -0.623. The quantitative estimate of drug-likeness (QED) is 0.761. The van der Waals surface area contributed by atoms with Crippen molar-refractivity contribution < 1.29 is 13.9 Å². The smallest absolute Gasteiger partial charge is 0.225 e. The highest BCUT2D eigenvalue weighted by Gasteiger charge is 2.38. The van der Waals surface area contributed by atoms with E-state index in [9.17, 15) is 4.79 Å². The Balaban J connectivity index is 1.68. The summed E-state index contributed by atoms with van der Waals surface area (Å²) in [4.78, 5) is 20.6. The number of amides is 1. The van der Waals surface area contributed by atoms with Crippen LogP contribution in [-0.4, -0.2) is 35.6 Å². The fraction of sp³-hybridized carbons (Fsp3) is 0.353. The lowest BCUT2D eigenvalue weighted by atomic mass is 9.79. The molecule has 1 saturated heterocycles. The maximum atomic E-state index is 12.0. The van der Waals surface area contributed by atoms with E-state index in [4.69, 9.17) is 14.9 Å². The standard InChI is InChI=1S/C17H18N4O3/c18-16(22)17(5-7-23-8-6-17)9-19-15-14-13(20-10-21-15)11-3-1-2-4-12(11)24-14/h1-4,10H,5-9H2,(H2,18,22)(H,19,20,21). The number of nitrogens with two attached hydrogens (primary N) is 1. The lowest BCUT2D eigenvalue weighted by Crippen LogP contribution is -2.46. The number of anilines is 1. The first kappa shape index (κ1) is 14.9. The van der Waals surface area contributed by atoms with Gasteiger partial charge in [0.25, 0.3) is 0 Å². The van der Waals surface area contributed by atoms with Crippen LogP contribution >= 0.6 is 0 Å². The first-order valence-electron chi connectivity index (χ1n) is 7.93. The van der Waals surface area contributed by atoms with Crippen LogP contribution in [0, 0.1) is 5.41 Å². The predicted octanol–water partition coefficient (Wildman–Crippen LogP) is 2.07. The Kier molecular flexibility index (Phi) is 3.57. The molecule has 2 aromatic heterocycles. The van der Waals surface area contributed by atoms with E-state index in [2.05, 4.69) is 15.3 Å². The van der Waals surface area contributed by atoms with E-state index in [0.717, 1.165) is 16.5 Å². The fourth-order valence-electron chi connectivity index (χ4n) is 3.17. The van der Waals surface area contributed by atoms with E-state index < -0.39 is 5.41 Å². The van der Waals surface area contributed by atoms with Gasteiger partial charge in [-0.2, -0.15) is 0 Å². The molecule has 1 fully saturated rings. The van der Waals surface area contributed by atoms with Gasteiger partial charge in [0.05, 0.1) is 5.41 Å². The Morgan fingerprint density at radius 3 is 2.83 bits per heavy atom. The van der Waals surface area contributed by atoms with Crippen LogP contribution in [0.4, 0.5) is 5.82 Å². The molecule has 0 unspecified atom stereocenters. The number of rotatable bonds is 4. The van der Waals surface area contributed by atoms with Crippen molar-refractivity contribution in [2.75, 3.05) is 25.1 Å². The number of furan rings is 1. The Morgan fingerprint density at radius 1 is 1.25 bits per heavy atom. The molecular formula is C17H18N4O3. The third kappa shape index (κ3) is 2.37. The molecule has 0 saturated carbocycles. The van der Waals surface area contributed by atoms with Crippen LogP contribution in [0.5, 0.6) is 0 Å². The van der Waals surface area contributed by atoms with Crippen molar-refractivity contribution in [2.45, 2.75) is 12.8 Å². The molecule has 0 radical (unpaired) electrons. The van der Waals surface area contributed by atoms with E-state index >= 15 is 0 Å². The molecule has 3 N–H and O–H groups in total. The number of carbonyl (C=O) groups is 1. The van der Waals surface area contributed by atoms with Gasteiger partial charge in [-0.25, -0.2) is 9.97 Å². The molecule has 4 rings (SSSR count). The average Bonchev–Trinajstić information content (AvgIpc) is 3.00. The zero-order chi connectivity index (χ0) is 16.6. The van der Waals surface area contributed by atoms with Crippen molar-refractivity contribution >= 4 is 33.8 Å². The Bertz CT molecular complexity index is 899. The van der Waals surface area contributed by atoms with Gasteiger partial charge in [-0.3, -0.25) is 4.79 Å². The summed E-state index contributed by atoms with van der Waals surface area (Å²) in [5.41, 5.74) is 7.12. The molecule has 124 valence electrons. The highest BCUT2D eigenvalue weighted by molar-refractivity contribution is 6.05. The molecular weight excluding hydrogens is 308 g/mol. The molecule has 7 heteroatoms. The van der Waals surface area contributed by atoms with Crippen LogP contribution in [0.2, 0.25) is 0 Å². The van der Waals surface area contributed by atoms with Crippen LogP contribution in [0.3, 0.4) is 0 Å². The lowest BCUT2D eigenvalue weighted by molar-refractivity contribution is -0.132. The normalized spacial score (nSPS) is 17.2. The molecule has 24 heavy (non-hydrogen) atoms. The van der Waals surface area contributed by atoms with Crippen molar-refractivity contribution in [2.24, 2.45) is 11.1 Å². The molecule has 0 spiro atoms. The Morgan fingerprint density at radius 2 is 2.04 bits per heavy atom. The van der Waals surface area contributed by atoms with E-state index in [1.807, 2.05) is 24.3 Å². The van der Waals surface area contributed by atoms with Gasteiger partial charge in [-0.1, -0.05) is 12.1 Å². The van der Waals surface area contributed by atoms with Gasteiger partial charge in [-0.15, -0.1) is 0 Å². The van der Waals surface area contributed by atoms with E-state index in [1.54, 1.807) is 0 Å². The Hall–Kier alpha value is -2.67. The highest BCUT2D eigenvalue weighted by atomic mass is 16.5. The molecule has 0 atom stereocenters. The van der Waals surface area contributed by atoms with Gasteiger partial charge in [0, 0.05) is 25.1 Å². The molecule has 1 aromatic carbocycles. The van der Waals surface area contributed by atoms with E-state index in [0.29, 0.717) is 44.0 Å². The first-order chi connectivity index (χ1) is 11.7. The minimum absolute atomic E-state index is 0.312. The summed E-state index contributed by atoms with van der Waals surface area (Å²) in [6.07, 6.45) is 2.70. The van der Waals surface area contributed by atoms with Gasteiger partial charge in [0.15, 0.2) is 11.4 Å². The number of hydrogen-bond acceptors (Lipinski definition) is 6. The van der Waals surface area contributed by atoms with Crippen LogP contribution in [-0.2, 0) is 9.53 Å². The van der Waals surface area contributed by atoms with Gasteiger partial charge in [-0.05, 0) is 25.0 Å². The van der Waals surface area contributed by atoms with Crippen molar-refractivity contribution in [1.29, 1.82) is 0 Å². The van der Waals surface area contributed by atoms with E-state index in [1.165, 1.54) is 6.33 Å². The van der Waals surface area contributed by atoms with E-state index in [-0.39, 0.29) is 5.91 Å². The number of aromatic nitrogens is 2. The third-order valence-electron chi connectivity index (χ3n) is 4.72. The molecule has 0 aliphatic carbocycles. The van der Waals surface area contributed by atoms with Crippen LogP contribution in [0.25, 0.3) is 22.1 Å². The zero-order valence-corrected chi connectivity index (χ0v) is 13.1. The molecule has 0 bridgehead atoms. The third-order valence-corrected chi connectivity index (χ3v) is 4.72. The number of carbonyl (C=O) groups excluding carboxylic acids is 1. The zero-order valence-electron chi connectivity index (χ0n) is 13.1. The van der Waals surface area contributed by atoms with Crippen LogP contribution < -0.4 is 11.1 Å². The second-order valence-electron chi connectivity index (χ2n) is 6.11. The summed E-state index contributed by atoms with van der Waals surface area (Å²) in [5, 5.41) is 4.18. The number of para-hydroxylation sites is 1. The molecule has 3 heterocycles. The fourth-order valence-corrected chi connectivity index (χ4v) is 3.17. The largest absolute Gasteiger partial charge is 0.450 e. The number of benzene rings is 1. The number of hydrogen-bond donors (Lipinski definition) is 2. The summed E-state index contributed by atoms with van der Waals surface area (Å²) in [6.45, 7) is 1.47. The summed E-state index contributed by atoms with van der Waals surface area (Å²) in [6, 6.07) is 7.71. The summed E-state index contributed by atoms with van der Waals surface area (Å²) < 4.78 is 11.2. The number of primary amides is 1. The minimum Gasteiger partial charge on any atom is -0.450 e. The number of ether oxygens (including phenoxy) is 1. The second kappa shape index (κ2) is 5.76. The monoisotopic (exact) mass is 326 g/mol. The average molecular weight is 326 g/mol. The topological polar surface area (TPSA) is 103 Å². The lowest BCUT2D eigenvalue weighted by Gasteiger charge is -2.34. The number of fused-ring (bicyclic) bond motifs is 3. The number of nitrogens with one attached hydrogen (secondary N) is 1. The molecule has 3 aromatic rings.